The number of carbonyl (C=O) groups is 1. The molecule has 0 unspecified atom stereocenters. The molecule has 0 bridgehead atoms. The highest BCUT2D eigenvalue weighted by Crippen LogP contribution is 2.24. The summed E-state index contributed by atoms with van der Waals surface area (Å²) in [6.07, 6.45) is 0. The minimum absolute atomic E-state index is 0.115. The average molecular weight is 359 g/mol. The number of carbonyl (C=O) groups excluding carboxylic acids is 1. The lowest BCUT2D eigenvalue weighted by Gasteiger charge is -2.09. The standard InChI is InChI=1S/C16H17N5OS2/c1-3-17-14-11-6-4-5-7-12(11)19-16(21-14)24-9-13(22)20-15-18-10(2)8-23-15/h4-8H,3,9H2,1-2H3,(H,17,19,21)(H,18,20,22). The summed E-state index contributed by atoms with van der Waals surface area (Å²) in [6, 6.07) is 7.83. The highest BCUT2D eigenvalue weighted by atomic mass is 32.2. The number of hydrogen-bond donors (Lipinski definition) is 2. The van der Waals surface area contributed by atoms with Gasteiger partial charge in [-0.15, -0.1) is 11.3 Å². The lowest BCUT2D eigenvalue weighted by molar-refractivity contribution is -0.113. The van der Waals surface area contributed by atoms with Gasteiger partial charge in [0.2, 0.25) is 5.91 Å². The first-order chi connectivity index (χ1) is 11.7. The van der Waals surface area contributed by atoms with Gasteiger partial charge in [-0.05, 0) is 26.0 Å². The molecule has 124 valence electrons. The predicted molar refractivity (Wildman–Crippen MR) is 99.9 cm³/mol. The van der Waals surface area contributed by atoms with Gasteiger partial charge in [-0.2, -0.15) is 0 Å². The average Bonchev–Trinajstić information content (AvgIpc) is 2.98. The highest BCUT2D eigenvalue weighted by molar-refractivity contribution is 7.99. The highest BCUT2D eigenvalue weighted by Gasteiger charge is 2.10. The van der Waals surface area contributed by atoms with Crippen LogP contribution in [0.5, 0.6) is 0 Å². The minimum atomic E-state index is -0.115. The Labute approximate surface area is 148 Å². The van der Waals surface area contributed by atoms with Crippen molar-refractivity contribution in [3.8, 4) is 0 Å². The number of nitrogens with zero attached hydrogens (tertiary/aromatic N) is 3. The Kier molecular flexibility index (Phi) is 5.27. The number of amides is 1. The van der Waals surface area contributed by atoms with Crippen molar-refractivity contribution in [2.45, 2.75) is 19.0 Å². The molecule has 8 heteroatoms. The zero-order chi connectivity index (χ0) is 16.9. The third kappa shape index (κ3) is 4.01. The Hall–Kier alpha value is -2.19. The molecule has 0 fully saturated rings. The normalized spacial score (nSPS) is 10.8. The SMILES string of the molecule is CCNc1nc(SCC(=O)Nc2nc(C)cs2)nc2ccccc12. The molecular weight excluding hydrogens is 342 g/mol. The van der Waals surface area contributed by atoms with E-state index in [1.807, 2.05) is 43.5 Å². The van der Waals surface area contributed by atoms with Crippen LogP contribution in [0.4, 0.5) is 10.9 Å². The Balaban J connectivity index is 1.71. The van der Waals surface area contributed by atoms with Crippen molar-refractivity contribution in [3.63, 3.8) is 0 Å². The molecule has 0 saturated heterocycles. The molecule has 2 heterocycles. The fourth-order valence-electron chi connectivity index (χ4n) is 2.12. The van der Waals surface area contributed by atoms with Gasteiger partial charge in [0.1, 0.15) is 5.82 Å². The van der Waals surface area contributed by atoms with Crippen molar-refractivity contribution in [1.29, 1.82) is 0 Å². The van der Waals surface area contributed by atoms with E-state index in [0.717, 1.165) is 29.0 Å². The maximum atomic E-state index is 12.0. The second-order valence-corrected chi connectivity index (χ2v) is 6.83. The van der Waals surface area contributed by atoms with E-state index >= 15 is 0 Å². The van der Waals surface area contributed by atoms with Crippen molar-refractivity contribution < 1.29 is 4.79 Å². The largest absolute Gasteiger partial charge is 0.370 e. The van der Waals surface area contributed by atoms with E-state index in [0.29, 0.717) is 10.3 Å². The Morgan fingerprint density at radius 3 is 2.83 bits per heavy atom. The molecule has 2 aromatic heterocycles. The van der Waals surface area contributed by atoms with E-state index in [2.05, 4.69) is 25.6 Å². The number of benzene rings is 1. The Morgan fingerprint density at radius 1 is 1.25 bits per heavy atom. The first kappa shape index (κ1) is 16.7. The van der Waals surface area contributed by atoms with Gasteiger partial charge >= 0.3 is 0 Å². The molecule has 0 aliphatic heterocycles. The fraction of sp³-hybridized carbons (Fsp3) is 0.250. The number of aromatic nitrogens is 3. The number of thiazole rings is 1. The Morgan fingerprint density at radius 2 is 2.08 bits per heavy atom. The molecule has 24 heavy (non-hydrogen) atoms. The summed E-state index contributed by atoms with van der Waals surface area (Å²) in [6.45, 7) is 4.69. The summed E-state index contributed by atoms with van der Waals surface area (Å²) in [5.41, 5.74) is 1.76. The second-order valence-electron chi connectivity index (χ2n) is 5.03. The lowest BCUT2D eigenvalue weighted by Crippen LogP contribution is -2.14. The number of rotatable bonds is 6. The van der Waals surface area contributed by atoms with Crippen LogP contribution in [0.15, 0.2) is 34.8 Å². The van der Waals surface area contributed by atoms with Crippen LogP contribution in [-0.2, 0) is 4.79 Å². The van der Waals surface area contributed by atoms with Gasteiger partial charge in [-0.25, -0.2) is 15.0 Å². The van der Waals surface area contributed by atoms with Crippen molar-refractivity contribution >= 4 is 50.9 Å². The topological polar surface area (TPSA) is 79.8 Å². The number of hydrogen-bond acceptors (Lipinski definition) is 7. The van der Waals surface area contributed by atoms with Gasteiger partial charge in [0.05, 0.1) is 17.0 Å². The zero-order valence-corrected chi connectivity index (χ0v) is 15.0. The number of anilines is 2. The maximum Gasteiger partial charge on any atom is 0.236 e. The molecule has 0 radical (unpaired) electrons. The minimum Gasteiger partial charge on any atom is -0.370 e. The van der Waals surface area contributed by atoms with Crippen LogP contribution < -0.4 is 10.6 Å². The van der Waals surface area contributed by atoms with Gasteiger partial charge < -0.3 is 10.6 Å². The first-order valence-electron chi connectivity index (χ1n) is 7.51. The van der Waals surface area contributed by atoms with E-state index in [9.17, 15) is 4.79 Å². The molecule has 1 aromatic carbocycles. The zero-order valence-electron chi connectivity index (χ0n) is 13.4. The molecule has 3 rings (SSSR count). The number of nitrogens with one attached hydrogen (secondary N) is 2. The molecule has 0 aliphatic carbocycles. The Bertz CT molecular complexity index is 865. The van der Waals surface area contributed by atoms with Crippen LogP contribution in [0.25, 0.3) is 10.9 Å². The number of aryl methyl sites for hydroxylation is 1. The van der Waals surface area contributed by atoms with Crippen LogP contribution in [0.3, 0.4) is 0 Å². The van der Waals surface area contributed by atoms with E-state index in [4.69, 9.17) is 0 Å². The molecule has 6 nitrogen and oxygen atoms in total. The summed E-state index contributed by atoms with van der Waals surface area (Å²) in [5.74, 6) is 0.917. The van der Waals surface area contributed by atoms with Crippen molar-refractivity contribution in [3.05, 3.63) is 35.3 Å². The van der Waals surface area contributed by atoms with E-state index in [1.54, 1.807) is 0 Å². The quantitative estimate of drug-likeness (QED) is 0.517. The molecule has 0 atom stereocenters. The van der Waals surface area contributed by atoms with Crippen LogP contribution in [0.2, 0.25) is 0 Å². The van der Waals surface area contributed by atoms with Gasteiger partial charge in [-0.3, -0.25) is 4.79 Å². The smallest absolute Gasteiger partial charge is 0.236 e. The fourth-order valence-corrected chi connectivity index (χ4v) is 3.47. The number of para-hydroxylation sites is 1. The van der Waals surface area contributed by atoms with E-state index in [-0.39, 0.29) is 11.7 Å². The summed E-state index contributed by atoms with van der Waals surface area (Å²) in [7, 11) is 0. The lowest BCUT2D eigenvalue weighted by atomic mass is 10.2. The van der Waals surface area contributed by atoms with Crippen molar-refractivity contribution in [2.75, 3.05) is 22.9 Å². The van der Waals surface area contributed by atoms with Gasteiger partial charge in [0.25, 0.3) is 0 Å². The van der Waals surface area contributed by atoms with Crippen LogP contribution in [0, 0.1) is 6.92 Å². The van der Waals surface area contributed by atoms with Crippen molar-refractivity contribution in [2.24, 2.45) is 0 Å². The number of thioether (sulfide) groups is 1. The molecule has 3 aromatic rings. The maximum absolute atomic E-state index is 12.0. The van der Waals surface area contributed by atoms with Gasteiger partial charge in [0, 0.05) is 17.3 Å². The third-order valence-corrected chi connectivity index (χ3v) is 4.85. The predicted octanol–water partition coefficient (Wildman–Crippen LogP) is 3.56. The second kappa shape index (κ2) is 7.59. The van der Waals surface area contributed by atoms with Crippen LogP contribution >= 0.6 is 23.1 Å². The van der Waals surface area contributed by atoms with E-state index < -0.39 is 0 Å². The van der Waals surface area contributed by atoms with Gasteiger partial charge in [0.15, 0.2) is 10.3 Å². The summed E-state index contributed by atoms with van der Waals surface area (Å²) in [4.78, 5) is 25.3. The third-order valence-electron chi connectivity index (χ3n) is 3.12. The molecule has 0 aliphatic rings. The summed E-state index contributed by atoms with van der Waals surface area (Å²) < 4.78 is 0. The molecule has 0 saturated carbocycles. The summed E-state index contributed by atoms with van der Waals surface area (Å²) >= 11 is 2.73. The summed E-state index contributed by atoms with van der Waals surface area (Å²) in [5, 5.41) is 10.1. The van der Waals surface area contributed by atoms with Crippen molar-refractivity contribution in [1.82, 2.24) is 15.0 Å². The molecular formula is C16H17N5OS2. The van der Waals surface area contributed by atoms with Crippen LogP contribution in [-0.4, -0.2) is 33.2 Å². The monoisotopic (exact) mass is 359 g/mol. The first-order valence-corrected chi connectivity index (χ1v) is 9.37. The van der Waals surface area contributed by atoms with E-state index in [1.165, 1.54) is 23.1 Å². The van der Waals surface area contributed by atoms with Crippen LogP contribution in [0.1, 0.15) is 12.6 Å². The molecule has 1 amide bonds. The number of fused-ring (bicyclic) bond motifs is 1. The molecule has 0 spiro atoms. The van der Waals surface area contributed by atoms with Gasteiger partial charge in [-0.1, -0.05) is 23.9 Å². The molecule has 2 N–H and O–H groups in total.